The van der Waals surface area contributed by atoms with Crippen LogP contribution < -0.4 is 5.73 Å². The third-order valence-electron chi connectivity index (χ3n) is 2.09. The highest BCUT2D eigenvalue weighted by atomic mass is 16.5. The molecule has 14 heavy (non-hydrogen) atoms. The highest BCUT2D eigenvalue weighted by Crippen LogP contribution is 2.12. The van der Waals surface area contributed by atoms with Gasteiger partial charge in [-0.3, -0.25) is 4.40 Å². The summed E-state index contributed by atoms with van der Waals surface area (Å²) >= 11 is 0. The summed E-state index contributed by atoms with van der Waals surface area (Å²) in [4.78, 5) is 4.24. The molecule has 0 radical (unpaired) electrons. The van der Waals surface area contributed by atoms with E-state index < -0.39 is 0 Å². The first-order valence-electron chi connectivity index (χ1n) is 4.61. The van der Waals surface area contributed by atoms with E-state index in [9.17, 15) is 0 Å². The average Bonchev–Trinajstić information content (AvgIpc) is 2.59. The number of rotatable bonds is 3. The third-order valence-corrected chi connectivity index (χ3v) is 2.09. The van der Waals surface area contributed by atoms with Crippen molar-refractivity contribution < 1.29 is 4.74 Å². The molecule has 0 aliphatic heterocycles. The molecule has 0 bridgehead atoms. The molecule has 74 valence electrons. The Morgan fingerprint density at radius 2 is 2.36 bits per heavy atom. The van der Waals surface area contributed by atoms with Crippen LogP contribution in [0.2, 0.25) is 0 Å². The monoisotopic (exact) mass is 191 g/mol. The molecular formula is C10H13N3O. The van der Waals surface area contributed by atoms with Crippen LogP contribution in [-0.2, 0) is 11.3 Å². The summed E-state index contributed by atoms with van der Waals surface area (Å²) in [6, 6.07) is 5.66. The molecule has 4 nitrogen and oxygen atoms in total. The molecule has 2 aromatic heterocycles. The third kappa shape index (κ3) is 1.44. The zero-order valence-electron chi connectivity index (χ0n) is 8.10. The summed E-state index contributed by atoms with van der Waals surface area (Å²) < 4.78 is 7.22. The molecule has 2 aromatic rings. The molecule has 0 atom stereocenters. The highest BCUT2D eigenvalue weighted by molar-refractivity contribution is 5.49. The molecule has 0 spiro atoms. The first-order chi connectivity index (χ1) is 6.83. The topological polar surface area (TPSA) is 52.5 Å². The maximum Gasteiger partial charge on any atom is 0.138 e. The van der Waals surface area contributed by atoms with Gasteiger partial charge in [-0.1, -0.05) is 6.07 Å². The van der Waals surface area contributed by atoms with Crippen LogP contribution in [0.1, 0.15) is 12.6 Å². The van der Waals surface area contributed by atoms with Crippen molar-refractivity contribution in [1.82, 2.24) is 9.38 Å². The number of nitrogens with zero attached hydrogens (tertiary/aromatic N) is 2. The maximum atomic E-state index is 5.84. The Hall–Kier alpha value is -1.55. The van der Waals surface area contributed by atoms with E-state index >= 15 is 0 Å². The van der Waals surface area contributed by atoms with Gasteiger partial charge < -0.3 is 10.5 Å². The van der Waals surface area contributed by atoms with E-state index in [1.165, 1.54) is 0 Å². The van der Waals surface area contributed by atoms with Crippen molar-refractivity contribution in [3.63, 3.8) is 0 Å². The molecule has 0 saturated carbocycles. The molecule has 2 N–H and O–H groups in total. The van der Waals surface area contributed by atoms with Crippen molar-refractivity contribution >= 4 is 11.5 Å². The number of ether oxygens (including phenoxy) is 1. The lowest BCUT2D eigenvalue weighted by Gasteiger charge is -2.04. The number of fused-ring (bicyclic) bond motifs is 1. The standard InChI is InChI=1S/C10H13N3O/c1-2-14-7-8-6-12-10-5-3-4-9(11)13(8)10/h3-6H,2,7,11H2,1H3. The van der Waals surface area contributed by atoms with Crippen LogP contribution in [0.3, 0.4) is 0 Å². The van der Waals surface area contributed by atoms with E-state index in [0.29, 0.717) is 19.0 Å². The van der Waals surface area contributed by atoms with E-state index in [-0.39, 0.29) is 0 Å². The van der Waals surface area contributed by atoms with Crippen molar-refractivity contribution in [3.8, 4) is 0 Å². The molecule has 0 unspecified atom stereocenters. The molecule has 0 amide bonds. The number of imidazole rings is 1. The van der Waals surface area contributed by atoms with Gasteiger partial charge in [0.2, 0.25) is 0 Å². The Morgan fingerprint density at radius 3 is 3.14 bits per heavy atom. The Balaban J connectivity index is 2.45. The zero-order chi connectivity index (χ0) is 9.97. The smallest absolute Gasteiger partial charge is 0.138 e. The molecule has 0 aliphatic carbocycles. The van der Waals surface area contributed by atoms with E-state index in [1.807, 2.05) is 29.5 Å². The Morgan fingerprint density at radius 1 is 1.50 bits per heavy atom. The van der Waals surface area contributed by atoms with E-state index in [1.54, 1.807) is 6.20 Å². The van der Waals surface area contributed by atoms with E-state index in [0.717, 1.165) is 11.3 Å². The van der Waals surface area contributed by atoms with Gasteiger partial charge in [-0.15, -0.1) is 0 Å². The Bertz CT molecular complexity index is 436. The minimum atomic E-state index is 0.548. The molecule has 0 fully saturated rings. The molecule has 2 heterocycles. The summed E-state index contributed by atoms with van der Waals surface area (Å²) in [6.07, 6.45) is 1.79. The SMILES string of the molecule is CCOCc1cnc2cccc(N)n12. The van der Waals surface area contributed by atoms with Crippen LogP contribution in [-0.4, -0.2) is 16.0 Å². The summed E-state index contributed by atoms with van der Waals surface area (Å²) in [5.74, 6) is 0.690. The number of anilines is 1. The summed E-state index contributed by atoms with van der Waals surface area (Å²) in [5.41, 5.74) is 7.69. The van der Waals surface area contributed by atoms with Crippen LogP contribution in [0.5, 0.6) is 0 Å². The molecule has 0 aliphatic rings. The van der Waals surface area contributed by atoms with Crippen molar-refractivity contribution in [2.24, 2.45) is 0 Å². The Labute approximate surface area is 82.3 Å². The zero-order valence-corrected chi connectivity index (χ0v) is 8.10. The van der Waals surface area contributed by atoms with Crippen LogP contribution >= 0.6 is 0 Å². The first-order valence-corrected chi connectivity index (χ1v) is 4.61. The molecular weight excluding hydrogens is 178 g/mol. The lowest BCUT2D eigenvalue weighted by Crippen LogP contribution is -2.01. The Kier molecular flexibility index (Phi) is 2.37. The summed E-state index contributed by atoms with van der Waals surface area (Å²) in [7, 11) is 0. The second-order valence-electron chi connectivity index (χ2n) is 3.03. The minimum absolute atomic E-state index is 0.548. The van der Waals surface area contributed by atoms with Gasteiger partial charge in [0, 0.05) is 6.61 Å². The number of aromatic nitrogens is 2. The second kappa shape index (κ2) is 3.67. The van der Waals surface area contributed by atoms with Gasteiger partial charge >= 0.3 is 0 Å². The van der Waals surface area contributed by atoms with Crippen LogP contribution in [0.4, 0.5) is 5.82 Å². The summed E-state index contributed by atoms with van der Waals surface area (Å²) in [5, 5.41) is 0. The fourth-order valence-corrected chi connectivity index (χ4v) is 1.43. The van der Waals surface area contributed by atoms with Gasteiger partial charge in [0.05, 0.1) is 18.5 Å². The predicted octanol–water partition coefficient (Wildman–Crippen LogP) is 1.45. The second-order valence-corrected chi connectivity index (χ2v) is 3.03. The van der Waals surface area contributed by atoms with Crippen molar-refractivity contribution in [1.29, 1.82) is 0 Å². The normalized spacial score (nSPS) is 10.9. The number of hydrogen-bond acceptors (Lipinski definition) is 3. The van der Waals surface area contributed by atoms with Crippen molar-refractivity contribution in [3.05, 3.63) is 30.1 Å². The lowest BCUT2D eigenvalue weighted by atomic mass is 10.4. The van der Waals surface area contributed by atoms with Crippen LogP contribution in [0.15, 0.2) is 24.4 Å². The quantitative estimate of drug-likeness (QED) is 0.799. The number of nitrogens with two attached hydrogens (primary N) is 1. The van der Waals surface area contributed by atoms with Gasteiger partial charge in [0.15, 0.2) is 0 Å². The molecule has 4 heteroatoms. The maximum absolute atomic E-state index is 5.84. The molecule has 2 rings (SSSR count). The predicted molar refractivity (Wildman–Crippen MR) is 54.9 cm³/mol. The van der Waals surface area contributed by atoms with Gasteiger partial charge in [0.1, 0.15) is 11.5 Å². The van der Waals surface area contributed by atoms with E-state index in [4.69, 9.17) is 10.5 Å². The fraction of sp³-hybridized carbons (Fsp3) is 0.300. The van der Waals surface area contributed by atoms with Gasteiger partial charge in [-0.05, 0) is 19.1 Å². The lowest BCUT2D eigenvalue weighted by molar-refractivity contribution is 0.131. The van der Waals surface area contributed by atoms with Crippen molar-refractivity contribution in [2.45, 2.75) is 13.5 Å². The number of hydrogen-bond donors (Lipinski definition) is 1. The van der Waals surface area contributed by atoms with Gasteiger partial charge in [-0.2, -0.15) is 0 Å². The molecule has 0 aromatic carbocycles. The minimum Gasteiger partial charge on any atom is -0.385 e. The van der Waals surface area contributed by atoms with Crippen LogP contribution in [0, 0.1) is 0 Å². The largest absolute Gasteiger partial charge is 0.385 e. The highest BCUT2D eigenvalue weighted by Gasteiger charge is 2.04. The van der Waals surface area contributed by atoms with Gasteiger partial charge in [0.25, 0.3) is 0 Å². The summed E-state index contributed by atoms with van der Waals surface area (Å²) in [6.45, 7) is 3.21. The number of nitrogen functional groups attached to an aromatic ring is 1. The first kappa shape index (κ1) is 9.02. The molecule has 0 saturated heterocycles. The van der Waals surface area contributed by atoms with E-state index in [2.05, 4.69) is 4.98 Å². The van der Waals surface area contributed by atoms with Gasteiger partial charge in [-0.25, -0.2) is 4.98 Å². The fourth-order valence-electron chi connectivity index (χ4n) is 1.43. The van der Waals surface area contributed by atoms with Crippen LogP contribution in [0.25, 0.3) is 5.65 Å². The van der Waals surface area contributed by atoms with Crippen molar-refractivity contribution in [2.75, 3.05) is 12.3 Å². The average molecular weight is 191 g/mol. The number of pyridine rings is 1.